The van der Waals surface area contributed by atoms with Gasteiger partial charge in [-0.2, -0.15) is 0 Å². The number of nitrogens with two attached hydrogens (primary N) is 1. The molecule has 0 bridgehead atoms. The first-order chi connectivity index (χ1) is 8.93. The first kappa shape index (κ1) is 15.4. The van der Waals surface area contributed by atoms with Gasteiger partial charge in [0.15, 0.2) is 5.78 Å². The highest BCUT2D eigenvalue weighted by Crippen LogP contribution is 2.18. The fourth-order valence-electron chi connectivity index (χ4n) is 1.95. The summed E-state index contributed by atoms with van der Waals surface area (Å²) in [5, 5.41) is 9.22. The molecule has 4 nitrogen and oxygen atoms in total. The molecule has 0 radical (unpaired) electrons. The molecule has 4 heteroatoms. The number of hydrogen-bond donors (Lipinski definition) is 2. The monoisotopic (exact) mass is 263 g/mol. The van der Waals surface area contributed by atoms with Gasteiger partial charge in [0.05, 0.1) is 12.0 Å². The van der Waals surface area contributed by atoms with Crippen molar-refractivity contribution in [3.8, 4) is 0 Å². The Morgan fingerprint density at radius 3 is 2.21 bits per heavy atom. The van der Waals surface area contributed by atoms with Crippen molar-refractivity contribution in [2.45, 2.75) is 32.7 Å². The zero-order chi connectivity index (χ0) is 14.4. The van der Waals surface area contributed by atoms with Gasteiger partial charge in [-0.15, -0.1) is 0 Å². The summed E-state index contributed by atoms with van der Waals surface area (Å²) in [6.07, 6.45) is 1.17. The lowest BCUT2D eigenvalue weighted by Crippen LogP contribution is -2.42. The van der Waals surface area contributed by atoms with E-state index < -0.39 is 17.9 Å². The topological polar surface area (TPSA) is 80.4 Å². The quantitative estimate of drug-likeness (QED) is 0.740. The Hall–Kier alpha value is -1.68. The van der Waals surface area contributed by atoms with Crippen LogP contribution in [-0.4, -0.2) is 22.9 Å². The first-order valence-corrected chi connectivity index (χ1v) is 6.51. The van der Waals surface area contributed by atoms with E-state index in [1.54, 1.807) is 30.3 Å². The van der Waals surface area contributed by atoms with Crippen LogP contribution in [0.15, 0.2) is 30.3 Å². The van der Waals surface area contributed by atoms with Crippen LogP contribution in [0.25, 0.3) is 0 Å². The second kappa shape index (κ2) is 7.04. The van der Waals surface area contributed by atoms with E-state index >= 15 is 0 Å². The molecule has 0 spiro atoms. The number of ketones is 1. The molecule has 0 aliphatic carbocycles. The number of carboxylic acid groups (broad SMARTS) is 1. The van der Waals surface area contributed by atoms with Crippen molar-refractivity contribution in [1.29, 1.82) is 0 Å². The first-order valence-electron chi connectivity index (χ1n) is 6.51. The van der Waals surface area contributed by atoms with Crippen LogP contribution >= 0.6 is 0 Å². The van der Waals surface area contributed by atoms with Crippen LogP contribution in [0.1, 0.15) is 37.0 Å². The lowest BCUT2D eigenvalue weighted by molar-refractivity contribution is -0.142. The van der Waals surface area contributed by atoms with E-state index in [9.17, 15) is 14.7 Å². The number of rotatable bonds is 7. The number of carbonyl (C=O) groups excluding carboxylic acids is 1. The van der Waals surface area contributed by atoms with Crippen molar-refractivity contribution in [2.75, 3.05) is 0 Å². The maximum Gasteiger partial charge on any atom is 0.308 e. The van der Waals surface area contributed by atoms with Crippen LogP contribution in [0, 0.1) is 11.8 Å². The van der Waals surface area contributed by atoms with Crippen molar-refractivity contribution >= 4 is 11.8 Å². The molecule has 2 unspecified atom stereocenters. The zero-order valence-electron chi connectivity index (χ0n) is 11.4. The Labute approximate surface area is 113 Å². The largest absolute Gasteiger partial charge is 0.481 e. The Morgan fingerprint density at radius 2 is 1.74 bits per heavy atom. The van der Waals surface area contributed by atoms with Crippen molar-refractivity contribution < 1.29 is 14.7 Å². The summed E-state index contributed by atoms with van der Waals surface area (Å²) in [7, 11) is 0. The maximum atomic E-state index is 12.1. The van der Waals surface area contributed by atoms with Gasteiger partial charge in [-0.05, 0) is 12.3 Å². The highest BCUT2D eigenvalue weighted by Gasteiger charge is 2.30. The SMILES string of the molecule is CC(C)CCC(C(=O)O)C(N)C(=O)c1ccccc1. The summed E-state index contributed by atoms with van der Waals surface area (Å²) in [4.78, 5) is 23.4. The van der Waals surface area contributed by atoms with Crippen LogP contribution in [0.4, 0.5) is 0 Å². The second-order valence-electron chi connectivity index (χ2n) is 5.17. The third-order valence-electron chi connectivity index (χ3n) is 3.17. The van der Waals surface area contributed by atoms with Crippen LogP contribution < -0.4 is 5.73 Å². The number of carbonyl (C=O) groups is 2. The van der Waals surface area contributed by atoms with Crippen LogP contribution in [-0.2, 0) is 4.79 Å². The summed E-state index contributed by atoms with van der Waals surface area (Å²) in [5.74, 6) is -1.75. The molecule has 0 aliphatic heterocycles. The fraction of sp³-hybridized carbons (Fsp3) is 0.467. The van der Waals surface area contributed by atoms with Crippen LogP contribution in [0.2, 0.25) is 0 Å². The molecular weight excluding hydrogens is 242 g/mol. The van der Waals surface area contributed by atoms with Crippen LogP contribution in [0.5, 0.6) is 0 Å². The minimum absolute atomic E-state index is 0.309. The predicted octanol–water partition coefficient (Wildman–Crippen LogP) is 2.33. The molecule has 3 N–H and O–H groups in total. The molecule has 1 rings (SSSR count). The van der Waals surface area contributed by atoms with Gasteiger partial charge in [-0.3, -0.25) is 9.59 Å². The lowest BCUT2D eigenvalue weighted by Gasteiger charge is -2.20. The molecule has 104 valence electrons. The molecule has 19 heavy (non-hydrogen) atoms. The molecule has 0 saturated carbocycles. The average Bonchev–Trinajstić information content (AvgIpc) is 2.38. The van der Waals surface area contributed by atoms with Gasteiger partial charge in [0.2, 0.25) is 0 Å². The van der Waals surface area contributed by atoms with Gasteiger partial charge < -0.3 is 10.8 Å². The normalized spacial score (nSPS) is 14.1. The number of benzene rings is 1. The second-order valence-corrected chi connectivity index (χ2v) is 5.17. The number of Topliss-reactive ketones (excluding diaryl/α,β-unsaturated/α-hetero) is 1. The molecular formula is C15H21NO3. The molecule has 0 saturated heterocycles. The van der Waals surface area contributed by atoms with Crippen molar-refractivity contribution in [1.82, 2.24) is 0 Å². The summed E-state index contributed by atoms with van der Waals surface area (Å²) < 4.78 is 0. The zero-order valence-corrected chi connectivity index (χ0v) is 11.4. The summed E-state index contributed by atoms with van der Waals surface area (Å²) in [6.45, 7) is 4.03. The minimum Gasteiger partial charge on any atom is -0.481 e. The maximum absolute atomic E-state index is 12.1. The third kappa shape index (κ3) is 4.48. The van der Waals surface area contributed by atoms with E-state index in [1.165, 1.54) is 0 Å². The third-order valence-corrected chi connectivity index (χ3v) is 3.17. The van der Waals surface area contributed by atoms with Crippen molar-refractivity contribution in [2.24, 2.45) is 17.6 Å². The van der Waals surface area contributed by atoms with Crippen LogP contribution in [0.3, 0.4) is 0 Å². The molecule has 0 aliphatic rings. The van der Waals surface area contributed by atoms with E-state index in [0.29, 0.717) is 17.9 Å². The minimum atomic E-state index is -1.00. The molecule has 0 fully saturated rings. The van der Waals surface area contributed by atoms with Gasteiger partial charge in [0, 0.05) is 5.56 Å². The Morgan fingerprint density at radius 1 is 1.16 bits per heavy atom. The molecule has 1 aromatic rings. The average molecular weight is 263 g/mol. The van der Waals surface area contributed by atoms with E-state index in [0.717, 1.165) is 6.42 Å². The van der Waals surface area contributed by atoms with Gasteiger partial charge in [-0.1, -0.05) is 50.6 Å². The molecule has 1 aromatic carbocycles. The molecule has 0 amide bonds. The van der Waals surface area contributed by atoms with E-state index in [2.05, 4.69) is 0 Å². The standard InChI is InChI=1S/C15H21NO3/c1-10(2)8-9-12(15(18)19)13(16)14(17)11-6-4-3-5-7-11/h3-7,10,12-13H,8-9,16H2,1-2H3,(H,18,19). The smallest absolute Gasteiger partial charge is 0.308 e. The van der Waals surface area contributed by atoms with E-state index in [4.69, 9.17) is 5.73 Å². The highest BCUT2D eigenvalue weighted by molar-refractivity contribution is 6.02. The highest BCUT2D eigenvalue weighted by atomic mass is 16.4. The van der Waals surface area contributed by atoms with Gasteiger partial charge >= 0.3 is 5.97 Å². The van der Waals surface area contributed by atoms with E-state index in [1.807, 2.05) is 13.8 Å². The van der Waals surface area contributed by atoms with Gasteiger partial charge in [0.1, 0.15) is 0 Å². The summed E-state index contributed by atoms with van der Waals surface area (Å²) in [5.41, 5.74) is 6.31. The molecule has 0 heterocycles. The fourth-order valence-corrected chi connectivity index (χ4v) is 1.95. The number of hydrogen-bond acceptors (Lipinski definition) is 3. The van der Waals surface area contributed by atoms with Gasteiger partial charge in [-0.25, -0.2) is 0 Å². The van der Waals surface area contributed by atoms with Crippen molar-refractivity contribution in [3.63, 3.8) is 0 Å². The van der Waals surface area contributed by atoms with E-state index in [-0.39, 0.29) is 5.78 Å². The lowest BCUT2D eigenvalue weighted by atomic mass is 9.87. The number of aliphatic carboxylic acids is 1. The van der Waals surface area contributed by atoms with Crippen molar-refractivity contribution in [3.05, 3.63) is 35.9 Å². The molecule has 0 aromatic heterocycles. The summed E-state index contributed by atoms with van der Waals surface area (Å²) in [6, 6.07) is 7.61. The Balaban J connectivity index is 2.79. The molecule has 2 atom stereocenters. The number of carboxylic acids is 1. The summed E-state index contributed by atoms with van der Waals surface area (Å²) >= 11 is 0. The predicted molar refractivity (Wildman–Crippen MR) is 73.9 cm³/mol. The Kier molecular flexibility index (Phi) is 5.70. The van der Waals surface area contributed by atoms with Gasteiger partial charge in [0.25, 0.3) is 0 Å². The Bertz CT molecular complexity index is 428.